The Hall–Kier alpha value is -1.30. The lowest BCUT2D eigenvalue weighted by atomic mass is 9.38. The maximum atomic E-state index is 12.2. The average Bonchev–Trinajstić information content (AvgIpc) is 3.49. The first-order valence-electron chi connectivity index (χ1n) is 13.3. The van der Waals surface area contributed by atoms with E-state index in [1.807, 2.05) is 13.0 Å². The van der Waals surface area contributed by atoms with Gasteiger partial charge in [-0.3, -0.25) is 4.90 Å². The van der Waals surface area contributed by atoms with E-state index in [1.165, 1.54) is 30.5 Å². The van der Waals surface area contributed by atoms with Crippen LogP contribution in [0.3, 0.4) is 0 Å². The number of aromatic hydroxyl groups is 1. The summed E-state index contributed by atoms with van der Waals surface area (Å²) in [6.07, 6.45) is 5.32. The number of benzene rings is 1. The van der Waals surface area contributed by atoms with Crippen molar-refractivity contribution >= 4 is 0 Å². The first-order valence-corrected chi connectivity index (χ1v) is 13.3. The molecular weight excluding hydrogens is 426 g/mol. The molecule has 2 aliphatic heterocycles. The Morgan fingerprint density at radius 2 is 1.88 bits per heavy atom. The number of piperidine rings is 1. The van der Waals surface area contributed by atoms with E-state index in [-0.39, 0.29) is 34.0 Å². The Kier molecular flexibility index (Phi) is 4.57. The van der Waals surface area contributed by atoms with Gasteiger partial charge in [-0.2, -0.15) is 0 Å². The van der Waals surface area contributed by atoms with Crippen LogP contribution in [0.5, 0.6) is 11.5 Å². The Morgan fingerprint density at radius 1 is 1.18 bits per heavy atom. The number of hydrogen-bond donors (Lipinski definition) is 2. The highest BCUT2D eigenvalue weighted by molar-refractivity contribution is 5.62. The smallest absolute Gasteiger partial charge is 0.165 e. The molecular formula is C29H43NO4. The van der Waals surface area contributed by atoms with Crippen LogP contribution < -0.4 is 4.74 Å². The van der Waals surface area contributed by atoms with Gasteiger partial charge in [-0.25, -0.2) is 0 Å². The van der Waals surface area contributed by atoms with E-state index in [9.17, 15) is 10.2 Å². The van der Waals surface area contributed by atoms with Gasteiger partial charge in [0, 0.05) is 36.6 Å². The number of hydrogen-bond acceptors (Lipinski definition) is 5. The van der Waals surface area contributed by atoms with Gasteiger partial charge in [0.2, 0.25) is 0 Å². The molecule has 2 saturated carbocycles. The van der Waals surface area contributed by atoms with Crippen molar-refractivity contribution in [2.45, 2.75) is 102 Å². The van der Waals surface area contributed by atoms with Crippen LogP contribution >= 0.6 is 0 Å². The molecule has 0 radical (unpaired) electrons. The zero-order valence-electron chi connectivity index (χ0n) is 22.1. The summed E-state index contributed by atoms with van der Waals surface area (Å²) in [5.41, 5.74) is 0.271. The number of phenolic OH excluding ortho intramolecular Hbond substituents is 1. The van der Waals surface area contributed by atoms with Crippen molar-refractivity contribution in [2.75, 3.05) is 20.2 Å². The highest BCUT2D eigenvalue weighted by atomic mass is 16.6. The van der Waals surface area contributed by atoms with Gasteiger partial charge in [0.15, 0.2) is 11.5 Å². The molecule has 1 unspecified atom stereocenters. The molecule has 7 atom stereocenters. The van der Waals surface area contributed by atoms with Crippen LogP contribution in [0.1, 0.15) is 78.4 Å². The molecule has 5 aliphatic rings. The molecule has 5 nitrogen and oxygen atoms in total. The van der Waals surface area contributed by atoms with Gasteiger partial charge in [-0.1, -0.05) is 33.8 Å². The first kappa shape index (κ1) is 23.1. The third-order valence-electron chi connectivity index (χ3n) is 11.4. The summed E-state index contributed by atoms with van der Waals surface area (Å²) < 4.78 is 13.3. The summed E-state index contributed by atoms with van der Waals surface area (Å²) in [6.45, 7) is 15.3. The molecule has 5 heteroatoms. The number of likely N-dealkylation sites (tertiary alicyclic amines) is 1. The second-order valence-electron chi connectivity index (χ2n) is 13.8. The molecule has 6 rings (SSSR count). The monoisotopic (exact) mass is 469 g/mol. The lowest BCUT2D eigenvalue weighted by Crippen LogP contribution is -2.79. The van der Waals surface area contributed by atoms with E-state index in [0.717, 1.165) is 31.7 Å². The standard InChI is InChI=1S/C29H43NO4/c1-25(2,3)28(6,32)20-15-26(4)21-14-18-10-11-19(31)23-22(18)29(26,24(34-23)27(20,5)33-7)12-13-30(21)16-17-8-9-17/h10-11,17,20-21,24,31-32H,8-9,12-16H2,1-7H3/t20-,21?,24-,26+,27+,28-,29-/m0/s1. The van der Waals surface area contributed by atoms with Crippen LogP contribution in [0.2, 0.25) is 0 Å². The number of nitrogens with zero attached hydrogens (tertiary/aromatic N) is 1. The topological polar surface area (TPSA) is 62.2 Å². The molecule has 1 aromatic carbocycles. The van der Waals surface area contributed by atoms with Crippen molar-refractivity contribution in [1.29, 1.82) is 0 Å². The average molecular weight is 470 g/mol. The predicted octanol–water partition coefficient (Wildman–Crippen LogP) is 4.66. The minimum atomic E-state index is -0.960. The first-order chi connectivity index (χ1) is 15.8. The Balaban J connectivity index is 1.59. The molecule has 2 heterocycles. The summed E-state index contributed by atoms with van der Waals surface area (Å²) >= 11 is 0. The van der Waals surface area contributed by atoms with Crippen molar-refractivity contribution in [1.82, 2.24) is 4.90 Å². The summed E-state index contributed by atoms with van der Waals surface area (Å²) in [5.74, 6) is 1.63. The fraction of sp³-hybridized carbons (Fsp3) is 0.793. The van der Waals surface area contributed by atoms with Gasteiger partial charge in [-0.05, 0) is 80.9 Å². The minimum absolute atomic E-state index is 0.0885. The summed E-state index contributed by atoms with van der Waals surface area (Å²) in [4.78, 5) is 2.77. The SMILES string of the molecule is CO[C@]1(C)[C@@H]([C@](C)(O)C(C)(C)C)C[C@]2(C)C3Cc4ccc(O)c5c4[C@@]2(CCN3CC2CC2)[C@H]1O5. The molecule has 1 aromatic rings. The Morgan fingerprint density at radius 3 is 2.50 bits per heavy atom. The molecule has 2 N–H and O–H groups in total. The number of rotatable bonds is 4. The number of aliphatic hydroxyl groups is 1. The van der Waals surface area contributed by atoms with Crippen molar-refractivity contribution < 1.29 is 19.7 Å². The summed E-state index contributed by atoms with van der Waals surface area (Å²) in [7, 11) is 1.78. The molecule has 0 amide bonds. The molecule has 188 valence electrons. The van der Waals surface area contributed by atoms with Gasteiger partial charge in [0.1, 0.15) is 11.7 Å². The molecule has 3 aliphatic carbocycles. The lowest BCUT2D eigenvalue weighted by molar-refractivity contribution is -0.270. The van der Waals surface area contributed by atoms with Crippen LogP contribution in [0.25, 0.3) is 0 Å². The molecule has 2 bridgehead atoms. The number of methoxy groups -OCH3 is 1. The van der Waals surface area contributed by atoms with Crippen molar-refractivity contribution in [2.24, 2.45) is 22.7 Å². The fourth-order valence-electron chi connectivity index (χ4n) is 8.72. The molecule has 34 heavy (non-hydrogen) atoms. The van der Waals surface area contributed by atoms with Crippen LogP contribution in [0.15, 0.2) is 12.1 Å². The van der Waals surface area contributed by atoms with E-state index in [4.69, 9.17) is 9.47 Å². The summed E-state index contributed by atoms with van der Waals surface area (Å²) in [5, 5.41) is 23.1. The van der Waals surface area contributed by atoms with Crippen molar-refractivity contribution in [3.8, 4) is 11.5 Å². The van der Waals surface area contributed by atoms with E-state index >= 15 is 0 Å². The minimum Gasteiger partial charge on any atom is -0.504 e. The van der Waals surface area contributed by atoms with E-state index in [1.54, 1.807) is 7.11 Å². The van der Waals surface area contributed by atoms with Crippen LogP contribution in [-0.4, -0.2) is 58.7 Å². The largest absolute Gasteiger partial charge is 0.504 e. The predicted molar refractivity (Wildman–Crippen MR) is 132 cm³/mol. The maximum absolute atomic E-state index is 12.2. The van der Waals surface area contributed by atoms with Gasteiger partial charge in [0.25, 0.3) is 0 Å². The van der Waals surface area contributed by atoms with E-state index in [0.29, 0.717) is 11.8 Å². The highest BCUT2D eigenvalue weighted by Crippen LogP contribution is 2.73. The van der Waals surface area contributed by atoms with Crippen LogP contribution in [0, 0.1) is 22.7 Å². The van der Waals surface area contributed by atoms with E-state index in [2.05, 4.69) is 45.6 Å². The fourth-order valence-corrected chi connectivity index (χ4v) is 8.72. The normalized spacial score (nSPS) is 42.6. The van der Waals surface area contributed by atoms with E-state index < -0.39 is 11.2 Å². The summed E-state index contributed by atoms with van der Waals surface area (Å²) in [6, 6.07) is 4.35. The third-order valence-corrected chi connectivity index (χ3v) is 11.4. The maximum Gasteiger partial charge on any atom is 0.165 e. The van der Waals surface area contributed by atoms with Crippen LogP contribution in [0.4, 0.5) is 0 Å². The number of ether oxygens (including phenoxy) is 2. The molecule has 1 saturated heterocycles. The van der Waals surface area contributed by atoms with Gasteiger partial charge in [-0.15, -0.1) is 0 Å². The van der Waals surface area contributed by atoms with Crippen molar-refractivity contribution in [3.05, 3.63) is 23.3 Å². The van der Waals surface area contributed by atoms with Gasteiger partial charge >= 0.3 is 0 Å². The third kappa shape index (κ3) is 2.57. The van der Waals surface area contributed by atoms with Crippen molar-refractivity contribution in [3.63, 3.8) is 0 Å². The Bertz CT molecular complexity index is 1030. The zero-order valence-corrected chi connectivity index (χ0v) is 22.1. The van der Waals surface area contributed by atoms with Gasteiger partial charge < -0.3 is 19.7 Å². The second-order valence-corrected chi connectivity index (χ2v) is 13.8. The quantitative estimate of drug-likeness (QED) is 0.672. The highest BCUT2D eigenvalue weighted by Gasteiger charge is 2.77. The lowest BCUT2D eigenvalue weighted by Gasteiger charge is -2.70. The Labute approximate surface area is 204 Å². The molecule has 0 aromatic heterocycles. The molecule has 3 fully saturated rings. The number of phenols is 1. The van der Waals surface area contributed by atoms with Crippen LogP contribution in [-0.2, 0) is 16.6 Å². The second kappa shape index (κ2) is 6.72. The van der Waals surface area contributed by atoms with Gasteiger partial charge in [0.05, 0.1) is 5.60 Å². The zero-order chi connectivity index (χ0) is 24.5. The molecule has 1 spiro atoms.